The summed E-state index contributed by atoms with van der Waals surface area (Å²) in [5, 5.41) is 0. The van der Waals surface area contributed by atoms with Crippen LogP contribution in [0.25, 0.3) is 0 Å². The molecule has 0 fully saturated rings. The second kappa shape index (κ2) is 4.40. The van der Waals surface area contributed by atoms with Crippen LogP contribution in [-0.4, -0.2) is 6.61 Å². The van der Waals surface area contributed by atoms with Crippen LogP contribution in [0.1, 0.15) is 19.4 Å². The molecule has 1 aromatic rings. The molecule has 0 unspecified atom stereocenters. The Balaban J connectivity index is 2.69. The SMILES string of the molecule is [CH2]COOC(C)(C)c1ccccc1. The van der Waals surface area contributed by atoms with Crippen molar-refractivity contribution in [2.45, 2.75) is 19.4 Å². The van der Waals surface area contributed by atoms with E-state index in [4.69, 9.17) is 9.78 Å². The van der Waals surface area contributed by atoms with Crippen LogP contribution < -0.4 is 0 Å². The average Bonchev–Trinajstić information content (AvgIpc) is 2.16. The lowest BCUT2D eigenvalue weighted by atomic mass is 9.99. The maximum absolute atomic E-state index is 5.20. The average molecular weight is 179 g/mol. The highest BCUT2D eigenvalue weighted by molar-refractivity contribution is 5.20. The largest absolute Gasteiger partial charge is 0.236 e. The van der Waals surface area contributed by atoms with Gasteiger partial charge in [0.25, 0.3) is 0 Å². The van der Waals surface area contributed by atoms with Gasteiger partial charge in [-0.25, -0.2) is 9.78 Å². The van der Waals surface area contributed by atoms with Crippen molar-refractivity contribution in [3.8, 4) is 0 Å². The summed E-state index contributed by atoms with van der Waals surface area (Å²) in [6.45, 7) is 7.76. The summed E-state index contributed by atoms with van der Waals surface area (Å²) in [7, 11) is 0. The monoisotopic (exact) mass is 179 g/mol. The molecule has 0 atom stereocenters. The summed E-state index contributed by atoms with van der Waals surface area (Å²) in [4.78, 5) is 10.0. The number of hydrogen-bond donors (Lipinski definition) is 0. The van der Waals surface area contributed by atoms with Gasteiger partial charge in [-0.15, -0.1) is 0 Å². The molecule has 0 aliphatic carbocycles. The molecule has 0 bridgehead atoms. The first kappa shape index (κ1) is 10.2. The number of rotatable bonds is 4. The lowest BCUT2D eigenvalue weighted by Gasteiger charge is -2.23. The van der Waals surface area contributed by atoms with Gasteiger partial charge in [0.1, 0.15) is 5.60 Å². The fraction of sp³-hybridized carbons (Fsp3) is 0.364. The first-order valence-electron chi connectivity index (χ1n) is 4.32. The van der Waals surface area contributed by atoms with E-state index in [-0.39, 0.29) is 0 Å². The van der Waals surface area contributed by atoms with Crippen LogP contribution in [0.4, 0.5) is 0 Å². The third-order valence-corrected chi connectivity index (χ3v) is 1.82. The molecule has 0 saturated carbocycles. The highest BCUT2D eigenvalue weighted by Crippen LogP contribution is 2.24. The molecule has 1 rings (SSSR count). The third kappa shape index (κ3) is 2.83. The molecule has 13 heavy (non-hydrogen) atoms. The van der Waals surface area contributed by atoms with Crippen LogP contribution >= 0.6 is 0 Å². The van der Waals surface area contributed by atoms with Crippen molar-refractivity contribution in [1.82, 2.24) is 0 Å². The summed E-state index contributed by atoms with van der Waals surface area (Å²) in [5.41, 5.74) is 0.669. The Morgan fingerprint density at radius 2 is 1.85 bits per heavy atom. The van der Waals surface area contributed by atoms with E-state index >= 15 is 0 Å². The minimum Gasteiger partial charge on any atom is -0.236 e. The van der Waals surface area contributed by atoms with Crippen LogP contribution in [0.15, 0.2) is 30.3 Å². The summed E-state index contributed by atoms with van der Waals surface area (Å²) < 4.78 is 0. The van der Waals surface area contributed by atoms with Gasteiger partial charge < -0.3 is 0 Å². The van der Waals surface area contributed by atoms with E-state index in [9.17, 15) is 0 Å². The van der Waals surface area contributed by atoms with Gasteiger partial charge in [0, 0.05) is 0 Å². The Morgan fingerprint density at radius 1 is 1.23 bits per heavy atom. The van der Waals surface area contributed by atoms with E-state index in [2.05, 4.69) is 6.92 Å². The predicted octanol–water partition coefficient (Wildman–Crippen LogP) is 2.70. The zero-order valence-corrected chi connectivity index (χ0v) is 8.12. The number of benzene rings is 1. The first-order valence-corrected chi connectivity index (χ1v) is 4.32. The molecular formula is C11H15O2. The van der Waals surface area contributed by atoms with E-state index in [1.165, 1.54) is 0 Å². The molecule has 2 heteroatoms. The standard InChI is InChI=1S/C11H15O2/c1-4-12-13-11(2,3)10-8-6-5-7-9-10/h5-9H,1,4H2,2-3H3. The minimum atomic E-state index is -0.418. The Kier molecular flexibility index (Phi) is 3.46. The highest BCUT2D eigenvalue weighted by Gasteiger charge is 2.21. The molecule has 0 aliphatic rings. The molecule has 0 saturated heterocycles. The Hall–Kier alpha value is -0.860. The molecule has 0 amide bonds. The van der Waals surface area contributed by atoms with Crippen LogP contribution in [-0.2, 0) is 15.4 Å². The maximum atomic E-state index is 5.20. The van der Waals surface area contributed by atoms with Gasteiger partial charge in [-0.1, -0.05) is 30.3 Å². The fourth-order valence-corrected chi connectivity index (χ4v) is 1.08. The topological polar surface area (TPSA) is 18.5 Å². The Morgan fingerprint density at radius 3 is 2.38 bits per heavy atom. The molecule has 1 radical (unpaired) electrons. The van der Waals surface area contributed by atoms with Crippen molar-refractivity contribution in [2.75, 3.05) is 6.61 Å². The molecular weight excluding hydrogens is 164 g/mol. The second-order valence-electron chi connectivity index (χ2n) is 3.28. The van der Waals surface area contributed by atoms with Gasteiger partial charge >= 0.3 is 0 Å². The first-order chi connectivity index (χ1) is 6.17. The van der Waals surface area contributed by atoms with Gasteiger partial charge in [-0.2, -0.15) is 0 Å². The van der Waals surface area contributed by atoms with E-state index in [1.54, 1.807) is 0 Å². The Labute approximate surface area is 79.4 Å². The van der Waals surface area contributed by atoms with Gasteiger partial charge in [-0.3, -0.25) is 0 Å². The zero-order chi connectivity index (χ0) is 9.73. The smallest absolute Gasteiger partial charge is 0.123 e. The van der Waals surface area contributed by atoms with E-state index < -0.39 is 5.60 Å². The molecule has 1 aromatic carbocycles. The maximum Gasteiger partial charge on any atom is 0.123 e. The van der Waals surface area contributed by atoms with E-state index in [0.717, 1.165) is 5.56 Å². The van der Waals surface area contributed by atoms with Crippen LogP contribution in [0.5, 0.6) is 0 Å². The summed E-state index contributed by atoms with van der Waals surface area (Å²) in [6, 6.07) is 9.94. The zero-order valence-electron chi connectivity index (χ0n) is 8.12. The molecule has 0 aromatic heterocycles. The minimum absolute atomic E-state index is 0.316. The van der Waals surface area contributed by atoms with E-state index in [0.29, 0.717) is 6.61 Å². The Bertz CT molecular complexity index is 242. The lowest BCUT2D eigenvalue weighted by molar-refractivity contribution is -0.352. The summed E-state index contributed by atoms with van der Waals surface area (Å²) in [6.07, 6.45) is 0. The summed E-state index contributed by atoms with van der Waals surface area (Å²) in [5.74, 6) is 0. The van der Waals surface area contributed by atoms with Gasteiger partial charge in [-0.05, 0) is 26.3 Å². The van der Waals surface area contributed by atoms with Gasteiger partial charge in [0.05, 0.1) is 6.61 Å². The quantitative estimate of drug-likeness (QED) is 0.522. The predicted molar refractivity (Wildman–Crippen MR) is 51.9 cm³/mol. The molecule has 0 spiro atoms. The summed E-state index contributed by atoms with van der Waals surface area (Å²) >= 11 is 0. The van der Waals surface area contributed by atoms with Crippen molar-refractivity contribution in [1.29, 1.82) is 0 Å². The van der Waals surface area contributed by atoms with Crippen molar-refractivity contribution < 1.29 is 9.78 Å². The highest BCUT2D eigenvalue weighted by atomic mass is 17.2. The van der Waals surface area contributed by atoms with Gasteiger partial charge in [0.15, 0.2) is 0 Å². The third-order valence-electron chi connectivity index (χ3n) is 1.82. The number of hydrogen-bond acceptors (Lipinski definition) is 2. The van der Waals surface area contributed by atoms with Crippen LogP contribution in [0, 0.1) is 6.92 Å². The normalized spacial score (nSPS) is 11.6. The van der Waals surface area contributed by atoms with Gasteiger partial charge in [0.2, 0.25) is 0 Å². The molecule has 0 heterocycles. The fourth-order valence-electron chi connectivity index (χ4n) is 1.08. The lowest BCUT2D eigenvalue weighted by Crippen LogP contribution is -2.21. The molecule has 0 aliphatic heterocycles. The van der Waals surface area contributed by atoms with Crippen molar-refractivity contribution in [3.05, 3.63) is 42.8 Å². The van der Waals surface area contributed by atoms with Crippen molar-refractivity contribution in [3.63, 3.8) is 0 Å². The van der Waals surface area contributed by atoms with Crippen molar-refractivity contribution >= 4 is 0 Å². The molecule has 2 nitrogen and oxygen atoms in total. The second-order valence-corrected chi connectivity index (χ2v) is 3.28. The van der Waals surface area contributed by atoms with E-state index in [1.807, 2.05) is 44.2 Å². The van der Waals surface area contributed by atoms with Crippen LogP contribution in [0.3, 0.4) is 0 Å². The molecule has 71 valence electrons. The van der Waals surface area contributed by atoms with Crippen LogP contribution in [0.2, 0.25) is 0 Å². The molecule has 0 N–H and O–H groups in total. The van der Waals surface area contributed by atoms with Crippen molar-refractivity contribution in [2.24, 2.45) is 0 Å².